The molecule has 3 heteroatoms. The largest absolute Gasteiger partial charge is 0.492 e. The summed E-state index contributed by atoms with van der Waals surface area (Å²) in [5.41, 5.74) is 4.31. The van der Waals surface area contributed by atoms with E-state index in [1.807, 2.05) is 30.3 Å². The number of aromatic nitrogens is 1. The Morgan fingerprint density at radius 2 is 1.79 bits per heavy atom. The van der Waals surface area contributed by atoms with Gasteiger partial charge in [-0.3, -0.25) is 4.90 Å². The molecule has 2 heterocycles. The van der Waals surface area contributed by atoms with Crippen molar-refractivity contribution in [3.05, 3.63) is 65.9 Å². The smallest absolute Gasteiger partial charge is 0.119 e. The molecule has 0 bridgehead atoms. The summed E-state index contributed by atoms with van der Waals surface area (Å²) in [5.74, 6) is 0.941. The van der Waals surface area contributed by atoms with Gasteiger partial charge in [-0.05, 0) is 37.7 Å². The zero-order valence-corrected chi connectivity index (χ0v) is 14.4. The lowest BCUT2D eigenvalue weighted by Crippen LogP contribution is -2.35. The minimum Gasteiger partial charge on any atom is -0.492 e. The fourth-order valence-electron chi connectivity index (χ4n) is 3.71. The summed E-state index contributed by atoms with van der Waals surface area (Å²) in [4.78, 5) is 2.44. The monoisotopic (exact) mass is 320 g/mol. The molecule has 1 aromatic heterocycles. The number of hydrogen-bond donors (Lipinski definition) is 0. The number of para-hydroxylation sites is 2. The number of nitrogens with zero attached hydrogens (tertiary/aromatic N) is 2. The molecule has 124 valence electrons. The molecule has 4 rings (SSSR count). The van der Waals surface area contributed by atoms with Crippen LogP contribution in [0.2, 0.25) is 0 Å². The zero-order valence-electron chi connectivity index (χ0n) is 14.4. The van der Waals surface area contributed by atoms with Crippen molar-refractivity contribution in [2.45, 2.75) is 32.5 Å². The van der Waals surface area contributed by atoms with E-state index in [2.05, 4.69) is 47.7 Å². The molecule has 3 aromatic rings. The molecule has 1 atom stereocenters. The molecular weight excluding hydrogens is 296 g/mol. The number of likely N-dealkylation sites (N-methyl/N-ethyl adjacent to an activating group) is 1. The summed E-state index contributed by atoms with van der Waals surface area (Å²) in [6, 6.07) is 19.4. The van der Waals surface area contributed by atoms with Gasteiger partial charge in [0.05, 0.1) is 6.54 Å². The Hall–Kier alpha value is -2.26. The Morgan fingerprint density at radius 3 is 2.62 bits per heavy atom. The maximum absolute atomic E-state index is 5.94. The maximum atomic E-state index is 5.94. The standard InChI is InChI=1S/C21H24N2O/c1-16-14-21-19(15-22(16)2)18-10-6-7-11-20(18)23(21)12-13-24-17-8-4-3-5-9-17/h3-11,16H,12-15H2,1-2H3. The van der Waals surface area contributed by atoms with Crippen molar-refractivity contribution in [3.63, 3.8) is 0 Å². The first-order valence-electron chi connectivity index (χ1n) is 8.71. The van der Waals surface area contributed by atoms with Crippen molar-refractivity contribution in [2.24, 2.45) is 0 Å². The van der Waals surface area contributed by atoms with Crippen LogP contribution in [0.3, 0.4) is 0 Å². The van der Waals surface area contributed by atoms with E-state index in [1.165, 1.54) is 22.2 Å². The predicted molar refractivity (Wildman–Crippen MR) is 98.5 cm³/mol. The second-order valence-electron chi connectivity index (χ2n) is 6.72. The Morgan fingerprint density at radius 1 is 1.04 bits per heavy atom. The predicted octanol–water partition coefficient (Wildman–Crippen LogP) is 4.10. The minimum absolute atomic E-state index is 0.579. The van der Waals surface area contributed by atoms with Crippen LogP contribution in [0.1, 0.15) is 18.2 Å². The van der Waals surface area contributed by atoms with Crippen molar-refractivity contribution in [3.8, 4) is 5.75 Å². The van der Waals surface area contributed by atoms with Gasteiger partial charge >= 0.3 is 0 Å². The highest BCUT2D eigenvalue weighted by atomic mass is 16.5. The maximum Gasteiger partial charge on any atom is 0.119 e. The van der Waals surface area contributed by atoms with E-state index in [-0.39, 0.29) is 0 Å². The van der Waals surface area contributed by atoms with Gasteiger partial charge in [-0.1, -0.05) is 36.4 Å². The van der Waals surface area contributed by atoms with Gasteiger partial charge in [-0.25, -0.2) is 0 Å². The first-order chi connectivity index (χ1) is 11.7. The van der Waals surface area contributed by atoms with Crippen LogP contribution >= 0.6 is 0 Å². The summed E-state index contributed by atoms with van der Waals surface area (Å²) in [6.07, 6.45) is 1.10. The normalized spacial score (nSPS) is 17.8. The van der Waals surface area contributed by atoms with Crippen LogP contribution in [0, 0.1) is 0 Å². The van der Waals surface area contributed by atoms with Gasteiger partial charge in [0.1, 0.15) is 12.4 Å². The highest BCUT2D eigenvalue weighted by molar-refractivity contribution is 5.85. The Labute approximate surface area is 143 Å². The Balaban J connectivity index is 1.64. The molecule has 24 heavy (non-hydrogen) atoms. The average Bonchev–Trinajstić information content (AvgIpc) is 2.90. The minimum atomic E-state index is 0.579. The summed E-state index contributed by atoms with van der Waals surface area (Å²) in [5, 5.41) is 1.39. The van der Waals surface area contributed by atoms with E-state index in [0.717, 1.165) is 25.3 Å². The molecule has 0 spiro atoms. The van der Waals surface area contributed by atoms with E-state index in [1.54, 1.807) is 0 Å². The van der Waals surface area contributed by atoms with Crippen LogP contribution in [0.5, 0.6) is 5.75 Å². The number of benzene rings is 2. The van der Waals surface area contributed by atoms with Crippen LogP contribution in [-0.4, -0.2) is 29.2 Å². The Kier molecular flexibility index (Phi) is 4.03. The molecule has 0 aliphatic carbocycles. The molecule has 3 nitrogen and oxygen atoms in total. The molecule has 2 aromatic carbocycles. The summed E-state index contributed by atoms with van der Waals surface area (Å²) in [6.45, 7) is 4.93. The molecule has 1 unspecified atom stereocenters. The average molecular weight is 320 g/mol. The van der Waals surface area contributed by atoms with Crippen molar-refractivity contribution in [2.75, 3.05) is 13.7 Å². The van der Waals surface area contributed by atoms with Crippen molar-refractivity contribution < 1.29 is 4.74 Å². The second-order valence-corrected chi connectivity index (χ2v) is 6.72. The SMILES string of the molecule is CC1Cc2c(c3ccccc3n2CCOc2ccccc2)CN1C. The highest BCUT2D eigenvalue weighted by Crippen LogP contribution is 2.32. The first-order valence-corrected chi connectivity index (χ1v) is 8.71. The van der Waals surface area contributed by atoms with E-state index in [4.69, 9.17) is 4.74 Å². The zero-order chi connectivity index (χ0) is 16.5. The highest BCUT2D eigenvalue weighted by Gasteiger charge is 2.26. The van der Waals surface area contributed by atoms with Gasteiger partial charge in [0.15, 0.2) is 0 Å². The fraction of sp³-hybridized carbons (Fsp3) is 0.333. The lowest BCUT2D eigenvalue weighted by molar-refractivity contribution is 0.225. The Bertz CT molecular complexity index is 838. The summed E-state index contributed by atoms with van der Waals surface area (Å²) >= 11 is 0. The van der Waals surface area contributed by atoms with Gasteiger partial charge in [0.2, 0.25) is 0 Å². The third-order valence-electron chi connectivity index (χ3n) is 5.17. The lowest BCUT2D eigenvalue weighted by atomic mass is 10.00. The fourth-order valence-corrected chi connectivity index (χ4v) is 3.71. The number of fused-ring (bicyclic) bond motifs is 3. The van der Waals surface area contributed by atoms with E-state index < -0.39 is 0 Å². The van der Waals surface area contributed by atoms with Gasteiger partial charge in [-0.15, -0.1) is 0 Å². The third kappa shape index (κ3) is 2.69. The van der Waals surface area contributed by atoms with Crippen molar-refractivity contribution in [1.29, 1.82) is 0 Å². The molecule has 0 saturated carbocycles. The molecule has 0 radical (unpaired) electrons. The number of hydrogen-bond acceptors (Lipinski definition) is 2. The molecule has 1 aliphatic rings. The molecule has 1 aliphatic heterocycles. The molecule has 0 fully saturated rings. The quantitative estimate of drug-likeness (QED) is 0.720. The van der Waals surface area contributed by atoms with Crippen LogP contribution in [0.4, 0.5) is 0 Å². The van der Waals surface area contributed by atoms with Crippen molar-refractivity contribution in [1.82, 2.24) is 9.47 Å². The van der Waals surface area contributed by atoms with Crippen LogP contribution in [-0.2, 0) is 19.5 Å². The van der Waals surface area contributed by atoms with Gasteiger partial charge in [0, 0.05) is 35.6 Å². The molecule has 0 N–H and O–H groups in total. The second kappa shape index (κ2) is 6.33. The van der Waals surface area contributed by atoms with E-state index in [9.17, 15) is 0 Å². The van der Waals surface area contributed by atoms with Crippen molar-refractivity contribution >= 4 is 10.9 Å². The molecular formula is C21H24N2O. The molecule has 0 amide bonds. The lowest BCUT2D eigenvalue weighted by Gasteiger charge is -2.31. The van der Waals surface area contributed by atoms with Crippen LogP contribution in [0.25, 0.3) is 10.9 Å². The van der Waals surface area contributed by atoms with Gasteiger partial charge in [0.25, 0.3) is 0 Å². The van der Waals surface area contributed by atoms with Crippen LogP contribution in [0.15, 0.2) is 54.6 Å². The van der Waals surface area contributed by atoms with Gasteiger partial charge < -0.3 is 9.30 Å². The third-order valence-corrected chi connectivity index (χ3v) is 5.17. The van der Waals surface area contributed by atoms with Crippen LogP contribution < -0.4 is 4.74 Å². The topological polar surface area (TPSA) is 17.4 Å². The number of rotatable bonds is 4. The first kappa shape index (κ1) is 15.3. The summed E-state index contributed by atoms with van der Waals surface area (Å²) < 4.78 is 8.41. The summed E-state index contributed by atoms with van der Waals surface area (Å²) in [7, 11) is 2.22. The van der Waals surface area contributed by atoms with Gasteiger partial charge in [-0.2, -0.15) is 0 Å². The van der Waals surface area contributed by atoms with E-state index in [0.29, 0.717) is 12.6 Å². The molecule has 0 saturated heterocycles. The van der Waals surface area contributed by atoms with E-state index >= 15 is 0 Å². The number of ether oxygens (including phenoxy) is 1.